The largest absolute Gasteiger partial charge is 0.444 e. The zero-order chi connectivity index (χ0) is 26.0. The number of carbonyl (C=O) groups excluding carboxylic acids is 3. The van der Waals surface area contributed by atoms with Gasteiger partial charge in [0, 0.05) is 25.7 Å². The molecule has 0 bridgehead atoms. The number of carbonyl (C=O) groups is 3. The predicted octanol–water partition coefficient (Wildman–Crippen LogP) is 2.70. The van der Waals surface area contributed by atoms with Gasteiger partial charge in [0.25, 0.3) is 11.8 Å². The molecule has 0 saturated heterocycles. The molecule has 10 nitrogen and oxygen atoms in total. The first-order chi connectivity index (χ1) is 16.3. The Kier molecular flexibility index (Phi) is 7.54. The van der Waals surface area contributed by atoms with Gasteiger partial charge < -0.3 is 19.5 Å². The first-order valence-corrected chi connectivity index (χ1v) is 11.7. The smallest absolute Gasteiger partial charge is 0.410 e. The summed E-state index contributed by atoms with van der Waals surface area (Å²) < 4.78 is 7.51. The first-order valence-electron chi connectivity index (χ1n) is 11.7. The Bertz CT molecular complexity index is 1080. The van der Waals surface area contributed by atoms with Crippen LogP contribution >= 0.6 is 0 Å². The standard InChI is InChI=1S/C25H36N6O4/c1-24(2,3)19(22(33)29-26-7)28-21(32)18-17-15-30(23(34)35-25(4,5)6)13-14-31(17)20(27-18)16-11-9-8-10-12-16/h8-12,19,26H,13-15H2,1-7H3,(H,28,32)(H,29,33). The fourth-order valence-electron chi connectivity index (χ4n) is 3.91. The van der Waals surface area contributed by atoms with E-state index in [1.165, 1.54) is 0 Å². The monoisotopic (exact) mass is 484 g/mol. The van der Waals surface area contributed by atoms with E-state index in [0.717, 1.165) is 5.56 Å². The number of amides is 3. The molecule has 2 heterocycles. The number of rotatable bonds is 5. The van der Waals surface area contributed by atoms with Crippen LogP contribution in [0, 0.1) is 5.41 Å². The van der Waals surface area contributed by atoms with E-state index >= 15 is 0 Å². The minimum atomic E-state index is -0.814. The van der Waals surface area contributed by atoms with Crippen LogP contribution < -0.4 is 16.2 Å². The van der Waals surface area contributed by atoms with Crippen molar-refractivity contribution in [3.63, 3.8) is 0 Å². The highest BCUT2D eigenvalue weighted by molar-refractivity contribution is 5.98. The maximum Gasteiger partial charge on any atom is 0.410 e. The van der Waals surface area contributed by atoms with Gasteiger partial charge in [-0.25, -0.2) is 15.2 Å². The van der Waals surface area contributed by atoms with Gasteiger partial charge in [0.15, 0.2) is 5.69 Å². The van der Waals surface area contributed by atoms with Gasteiger partial charge in [-0.2, -0.15) is 0 Å². The highest BCUT2D eigenvalue weighted by atomic mass is 16.6. The molecule has 3 N–H and O–H groups in total. The van der Waals surface area contributed by atoms with E-state index < -0.39 is 29.1 Å². The number of hydrogen-bond donors (Lipinski definition) is 3. The topological polar surface area (TPSA) is 118 Å². The van der Waals surface area contributed by atoms with Gasteiger partial charge in [-0.15, -0.1) is 0 Å². The first kappa shape index (κ1) is 26.2. The van der Waals surface area contributed by atoms with Crippen molar-refractivity contribution < 1.29 is 19.1 Å². The Morgan fingerprint density at radius 2 is 1.69 bits per heavy atom. The fraction of sp³-hybridized carbons (Fsp3) is 0.520. The molecule has 1 aliphatic rings. The van der Waals surface area contributed by atoms with E-state index in [1.54, 1.807) is 11.9 Å². The molecule has 1 unspecified atom stereocenters. The van der Waals surface area contributed by atoms with Gasteiger partial charge in [-0.05, 0) is 26.2 Å². The van der Waals surface area contributed by atoms with Crippen LogP contribution in [0.1, 0.15) is 57.7 Å². The average Bonchev–Trinajstić information content (AvgIpc) is 3.15. The zero-order valence-electron chi connectivity index (χ0n) is 21.6. The zero-order valence-corrected chi connectivity index (χ0v) is 21.6. The molecule has 1 aromatic heterocycles. The minimum absolute atomic E-state index is 0.167. The van der Waals surface area contributed by atoms with Crippen molar-refractivity contribution in [3.05, 3.63) is 41.7 Å². The second kappa shape index (κ2) is 10.1. The van der Waals surface area contributed by atoms with Crippen LogP contribution in [0.4, 0.5) is 4.79 Å². The molecule has 1 aromatic carbocycles. The predicted molar refractivity (Wildman–Crippen MR) is 132 cm³/mol. The van der Waals surface area contributed by atoms with Gasteiger partial charge in [0.1, 0.15) is 17.5 Å². The molecule has 0 radical (unpaired) electrons. The van der Waals surface area contributed by atoms with Gasteiger partial charge >= 0.3 is 6.09 Å². The number of hydrogen-bond acceptors (Lipinski definition) is 6. The van der Waals surface area contributed by atoms with Crippen molar-refractivity contribution in [2.75, 3.05) is 13.6 Å². The lowest BCUT2D eigenvalue weighted by Crippen LogP contribution is -2.56. The van der Waals surface area contributed by atoms with Crippen molar-refractivity contribution in [2.45, 2.75) is 66.3 Å². The summed E-state index contributed by atoms with van der Waals surface area (Å²) in [5.74, 6) is -0.199. The second-order valence-corrected chi connectivity index (χ2v) is 10.7. The molecule has 0 spiro atoms. The summed E-state index contributed by atoms with van der Waals surface area (Å²) in [7, 11) is 1.59. The maximum absolute atomic E-state index is 13.5. The molecule has 190 valence electrons. The van der Waals surface area contributed by atoms with Crippen LogP contribution in [-0.4, -0.2) is 57.6 Å². The molecule has 0 aliphatic carbocycles. The van der Waals surface area contributed by atoms with Crippen molar-refractivity contribution in [1.82, 2.24) is 30.6 Å². The summed E-state index contributed by atoms with van der Waals surface area (Å²) in [4.78, 5) is 45.2. The maximum atomic E-state index is 13.5. The highest BCUT2D eigenvalue weighted by Gasteiger charge is 2.36. The minimum Gasteiger partial charge on any atom is -0.444 e. The van der Waals surface area contributed by atoms with E-state index in [0.29, 0.717) is 24.6 Å². The van der Waals surface area contributed by atoms with Crippen LogP contribution in [-0.2, 0) is 22.6 Å². The van der Waals surface area contributed by atoms with Crippen LogP contribution in [0.25, 0.3) is 11.4 Å². The average molecular weight is 485 g/mol. The summed E-state index contributed by atoms with van der Waals surface area (Å²) in [6, 6.07) is 8.76. The van der Waals surface area contributed by atoms with Gasteiger partial charge in [0.2, 0.25) is 0 Å². The van der Waals surface area contributed by atoms with Crippen molar-refractivity contribution in [3.8, 4) is 11.4 Å². The van der Waals surface area contributed by atoms with E-state index in [1.807, 2.05) is 76.4 Å². The quantitative estimate of drug-likeness (QED) is 0.562. The summed E-state index contributed by atoms with van der Waals surface area (Å²) in [6.07, 6.45) is -0.446. The van der Waals surface area contributed by atoms with Gasteiger partial charge in [-0.3, -0.25) is 15.0 Å². The number of nitrogens with one attached hydrogen (secondary N) is 3. The molecular formula is C25H36N6O4. The Balaban J connectivity index is 1.99. The highest BCUT2D eigenvalue weighted by Crippen LogP contribution is 2.28. The molecule has 1 aliphatic heterocycles. The Morgan fingerprint density at radius 3 is 2.26 bits per heavy atom. The number of benzene rings is 1. The Morgan fingerprint density at radius 1 is 1.03 bits per heavy atom. The molecule has 3 rings (SSSR count). The number of ether oxygens (including phenoxy) is 1. The number of imidazole rings is 1. The summed E-state index contributed by atoms with van der Waals surface area (Å²) in [6.45, 7) is 12.1. The number of aromatic nitrogens is 2. The van der Waals surface area contributed by atoms with Crippen LogP contribution in [0.2, 0.25) is 0 Å². The van der Waals surface area contributed by atoms with Crippen LogP contribution in [0.3, 0.4) is 0 Å². The van der Waals surface area contributed by atoms with Crippen LogP contribution in [0.15, 0.2) is 30.3 Å². The fourth-order valence-corrected chi connectivity index (χ4v) is 3.91. The van der Waals surface area contributed by atoms with Gasteiger partial charge in [0.05, 0.1) is 12.2 Å². The normalized spacial score (nSPS) is 14.7. The Labute approximate surface area is 206 Å². The van der Waals surface area contributed by atoms with Crippen molar-refractivity contribution in [2.24, 2.45) is 5.41 Å². The molecule has 0 fully saturated rings. The molecule has 2 aromatic rings. The van der Waals surface area contributed by atoms with E-state index in [2.05, 4.69) is 16.2 Å². The third-order valence-corrected chi connectivity index (χ3v) is 5.56. The summed E-state index contributed by atoms with van der Waals surface area (Å²) in [5.41, 5.74) is 5.62. The van der Waals surface area contributed by atoms with E-state index in [9.17, 15) is 14.4 Å². The molecule has 0 saturated carbocycles. The molecule has 3 amide bonds. The number of fused-ring (bicyclic) bond motifs is 1. The lowest BCUT2D eigenvalue weighted by molar-refractivity contribution is -0.126. The lowest BCUT2D eigenvalue weighted by Gasteiger charge is -2.32. The SMILES string of the molecule is CNNC(=O)C(NC(=O)c1nc(-c2ccccc2)n2c1CN(C(=O)OC(C)(C)C)CC2)C(C)(C)C. The second-order valence-electron chi connectivity index (χ2n) is 10.7. The van der Waals surface area contributed by atoms with Crippen molar-refractivity contribution >= 4 is 17.9 Å². The molecular weight excluding hydrogens is 448 g/mol. The van der Waals surface area contributed by atoms with Gasteiger partial charge in [-0.1, -0.05) is 51.1 Å². The molecule has 35 heavy (non-hydrogen) atoms. The third-order valence-electron chi connectivity index (χ3n) is 5.56. The van der Waals surface area contributed by atoms with E-state index in [4.69, 9.17) is 9.72 Å². The Hall–Kier alpha value is -3.40. The van der Waals surface area contributed by atoms with Crippen LogP contribution in [0.5, 0.6) is 0 Å². The van der Waals surface area contributed by atoms with E-state index in [-0.39, 0.29) is 18.1 Å². The third kappa shape index (κ3) is 6.19. The summed E-state index contributed by atoms with van der Waals surface area (Å²) >= 11 is 0. The number of nitrogens with zero attached hydrogens (tertiary/aromatic N) is 3. The molecule has 1 atom stereocenters. The van der Waals surface area contributed by atoms with Crippen molar-refractivity contribution in [1.29, 1.82) is 0 Å². The summed E-state index contributed by atoms with van der Waals surface area (Å²) in [5, 5.41) is 2.85. The number of hydrazine groups is 1. The lowest BCUT2D eigenvalue weighted by atomic mass is 9.86. The molecule has 10 heteroatoms.